The molecule has 0 saturated heterocycles. The maximum Gasteiger partial charge on any atom is 0.407 e. The number of aromatic nitrogens is 3. The van der Waals surface area contributed by atoms with Crippen LogP contribution in [0, 0.1) is 0 Å². The second-order valence-corrected chi connectivity index (χ2v) is 7.51. The number of benzene rings is 2. The van der Waals surface area contributed by atoms with E-state index in [4.69, 9.17) is 4.74 Å². The van der Waals surface area contributed by atoms with E-state index in [0.717, 1.165) is 16.6 Å². The number of alkyl carbamates (subject to hydrolysis) is 1. The summed E-state index contributed by atoms with van der Waals surface area (Å²) in [5.41, 5.74) is 6.63. The van der Waals surface area contributed by atoms with Gasteiger partial charge in [0.1, 0.15) is 6.61 Å². The van der Waals surface area contributed by atoms with Gasteiger partial charge in [0.2, 0.25) is 0 Å². The molecule has 1 aliphatic rings. The smallest absolute Gasteiger partial charge is 0.407 e. The molecule has 0 saturated carbocycles. The lowest BCUT2D eigenvalue weighted by atomic mass is 9.98. The highest BCUT2D eigenvalue weighted by Crippen LogP contribution is 2.44. The standard InChI is InChI=1S/C25H22N4O2/c30-25(26-12-6-5-7-18-13-17-14-28-29-24(17)15-27-18)31-16-23-21-10-3-1-8-19(21)20-9-2-4-11-22(20)23/h1-5,7-11,13-15,23H,6,12,16H2,(H,26,30)(H,28,29). The van der Waals surface area contributed by atoms with Gasteiger partial charge in [0.15, 0.2) is 0 Å². The lowest BCUT2D eigenvalue weighted by Crippen LogP contribution is -2.26. The Morgan fingerprint density at radius 1 is 1.06 bits per heavy atom. The molecule has 2 aromatic heterocycles. The van der Waals surface area contributed by atoms with E-state index in [0.29, 0.717) is 19.6 Å². The summed E-state index contributed by atoms with van der Waals surface area (Å²) in [5, 5.41) is 10.7. The fourth-order valence-electron chi connectivity index (χ4n) is 4.06. The minimum absolute atomic E-state index is 0.0713. The first-order valence-electron chi connectivity index (χ1n) is 10.3. The first kappa shape index (κ1) is 19.1. The van der Waals surface area contributed by atoms with Crippen LogP contribution in [0.1, 0.15) is 29.2 Å². The van der Waals surface area contributed by atoms with Gasteiger partial charge in [0, 0.05) is 17.8 Å². The summed E-state index contributed by atoms with van der Waals surface area (Å²) in [7, 11) is 0. The monoisotopic (exact) mass is 410 g/mol. The van der Waals surface area contributed by atoms with Crippen LogP contribution in [0.2, 0.25) is 0 Å². The number of carbonyl (C=O) groups excluding carboxylic acids is 1. The van der Waals surface area contributed by atoms with Crippen LogP contribution in [0.25, 0.3) is 28.1 Å². The van der Waals surface area contributed by atoms with Crippen molar-refractivity contribution in [1.29, 1.82) is 0 Å². The van der Waals surface area contributed by atoms with Crippen LogP contribution >= 0.6 is 0 Å². The first-order valence-corrected chi connectivity index (χ1v) is 10.3. The summed E-state index contributed by atoms with van der Waals surface area (Å²) < 4.78 is 5.55. The Morgan fingerprint density at radius 2 is 1.81 bits per heavy atom. The summed E-state index contributed by atoms with van der Waals surface area (Å²) >= 11 is 0. The van der Waals surface area contributed by atoms with Crippen LogP contribution in [0.4, 0.5) is 4.79 Å². The highest BCUT2D eigenvalue weighted by Gasteiger charge is 2.28. The lowest BCUT2D eigenvalue weighted by molar-refractivity contribution is 0.143. The van der Waals surface area contributed by atoms with Crippen molar-refractivity contribution < 1.29 is 9.53 Å². The number of amides is 1. The Hall–Kier alpha value is -3.93. The zero-order valence-electron chi connectivity index (χ0n) is 16.9. The lowest BCUT2D eigenvalue weighted by Gasteiger charge is -2.14. The molecule has 4 aromatic rings. The Balaban J connectivity index is 1.12. The van der Waals surface area contributed by atoms with Crippen molar-refractivity contribution in [3.05, 3.63) is 89.9 Å². The van der Waals surface area contributed by atoms with Crippen LogP contribution < -0.4 is 5.32 Å². The number of ether oxygens (including phenoxy) is 1. The SMILES string of the molecule is O=C(NCCC=Cc1cc2cn[nH]c2cn1)OCC1c2ccccc2-c2ccccc21. The van der Waals surface area contributed by atoms with Gasteiger partial charge in [-0.05, 0) is 40.8 Å². The van der Waals surface area contributed by atoms with Gasteiger partial charge < -0.3 is 10.1 Å². The second kappa shape index (κ2) is 8.44. The number of aromatic amines is 1. The fraction of sp³-hybridized carbons (Fsp3) is 0.160. The molecule has 2 aromatic carbocycles. The van der Waals surface area contributed by atoms with Crippen molar-refractivity contribution in [3.63, 3.8) is 0 Å². The van der Waals surface area contributed by atoms with E-state index in [9.17, 15) is 4.79 Å². The minimum Gasteiger partial charge on any atom is -0.449 e. The molecule has 5 rings (SSSR count). The summed E-state index contributed by atoms with van der Waals surface area (Å²) in [6, 6.07) is 18.6. The average molecular weight is 410 g/mol. The van der Waals surface area contributed by atoms with E-state index in [1.54, 1.807) is 12.4 Å². The summed E-state index contributed by atoms with van der Waals surface area (Å²) in [6.07, 6.45) is 7.75. The minimum atomic E-state index is -0.395. The highest BCUT2D eigenvalue weighted by molar-refractivity contribution is 5.79. The van der Waals surface area contributed by atoms with Gasteiger partial charge in [0.05, 0.1) is 23.6 Å². The average Bonchev–Trinajstić information content (AvgIpc) is 3.40. The van der Waals surface area contributed by atoms with Gasteiger partial charge in [-0.1, -0.05) is 54.6 Å². The van der Waals surface area contributed by atoms with Gasteiger partial charge in [-0.25, -0.2) is 4.79 Å². The van der Waals surface area contributed by atoms with Gasteiger partial charge >= 0.3 is 6.09 Å². The zero-order chi connectivity index (χ0) is 21.0. The molecule has 1 aliphatic carbocycles. The molecule has 2 heterocycles. The van der Waals surface area contributed by atoms with Crippen molar-refractivity contribution in [1.82, 2.24) is 20.5 Å². The highest BCUT2D eigenvalue weighted by atomic mass is 16.5. The molecule has 0 unspecified atom stereocenters. The number of pyridine rings is 1. The summed E-state index contributed by atoms with van der Waals surface area (Å²) in [6.45, 7) is 0.825. The predicted octanol–water partition coefficient (Wildman–Crippen LogP) is 4.90. The Labute approximate surface area is 180 Å². The first-order chi connectivity index (χ1) is 15.3. The third-order valence-electron chi connectivity index (χ3n) is 5.56. The molecule has 0 radical (unpaired) electrons. The zero-order valence-corrected chi connectivity index (χ0v) is 16.9. The fourth-order valence-corrected chi connectivity index (χ4v) is 4.06. The number of nitrogens with one attached hydrogen (secondary N) is 2. The van der Waals surface area contributed by atoms with Gasteiger partial charge in [-0.2, -0.15) is 5.10 Å². The van der Waals surface area contributed by atoms with Crippen LogP contribution in [0.3, 0.4) is 0 Å². The van der Waals surface area contributed by atoms with Crippen molar-refractivity contribution in [2.75, 3.05) is 13.2 Å². The second-order valence-electron chi connectivity index (χ2n) is 7.51. The van der Waals surface area contributed by atoms with Gasteiger partial charge in [-0.3, -0.25) is 10.1 Å². The molecular weight excluding hydrogens is 388 g/mol. The molecular formula is C25H22N4O2. The van der Waals surface area contributed by atoms with Crippen molar-refractivity contribution in [2.24, 2.45) is 0 Å². The number of rotatable bonds is 6. The van der Waals surface area contributed by atoms with E-state index in [1.165, 1.54) is 22.3 Å². The largest absolute Gasteiger partial charge is 0.449 e. The van der Waals surface area contributed by atoms with E-state index >= 15 is 0 Å². The van der Waals surface area contributed by atoms with E-state index in [1.807, 2.05) is 42.5 Å². The molecule has 0 aliphatic heterocycles. The maximum atomic E-state index is 12.2. The van der Waals surface area contributed by atoms with E-state index in [2.05, 4.69) is 44.8 Å². The van der Waals surface area contributed by atoms with Crippen molar-refractivity contribution in [3.8, 4) is 11.1 Å². The Bertz CT molecular complexity index is 1220. The molecule has 154 valence electrons. The van der Waals surface area contributed by atoms with Crippen LogP contribution in [0.5, 0.6) is 0 Å². The molecule has 6 nitrogen and oxygen atoms in total. The number of carbonyl (C=O) groups is 1. The quantitative estimate of drug-likeness (QED) is 0.443. The van der Waals surface area contributed by atoms with E-state index in [-0.39, 0.29) is 5.92 Å². The Morgan fingerprint density at radius 3 is 2.58 bits per heavy atom. The number of nitrogens with zero attached hydrogens (tertiary/aromatic N) is 2. The molecule has 31 heavy (non-hydrogen) atoms. The predicted molar refractivity (Wildman–Crippen MR) is 121 cm³/mol. The number of hydrogen-bond acceptors (Lipinski definition) is 4. The summed E-state index contributed by atoms with van der Waals surface area (Å²) in [5.74, 6) is 0.0713. The molecule has 1 amide bonds. The van der Waals surface area contributed by atoms with Crippen LogP contribution in [0.15, 0.2) is 73.1 Å². The molecule has 0 fully saturated rings. The van der Waals surface area contributed by atoms with Crippen molar-refractivity contribution >= 4 is 23.1 Å². The molecule has 0 atom stereocenters. The maximum absolute atomic E-state index is 12.2. The van der Waals surface area contributed by atoms with Gasteiger partial charge in [0.25, 0.3) is 0 Å². The molecule has 0 bridgehead atoms. The van der Waals surface area contributed by atoms with Crippen LogP contribution in [-0.2, 0) is 4.74 Å². The normalized spacial score (nSPS) is 12.8. The number of fused-ring (bicyclic) bond motifs is 4. The molecule has 0 spiro atoms. The third kappa shape index (κ3) is 3.92. The molecule has 6 heteroatoms. The van der Waals surface area contributed by atoms with Crippen LogP contribution in [-0.4, -0.2) is 34.4 Å². The topological polar surface area (TPSA) is 79.9 Å². The van der Waals surface area contributed by atoms with Crippen molar-refractivity contribution in [2.45, 2.75) is 12.3 Å². The van der Waals surface area contributed by atoms with Gasteiger partial charge in [-0.15, -0.1) is 0 Å². The van der Waals surface area contributed by atoms with E-state index < -0.39 is 6.09 Å². The Kier molecular flexibility index (Phi) is 5.19. The number of hydrogen-bond donors (Lipinski definition) is 2. The summed E-state index contributed by atoms with van der Waals surface area (Å²) in [4.78, 5) is 16.5. The number of H-pyrrole nitrogens is 1. The molecule has 2 N–H and O–H groups in total. The third-order valence-corrected chi connectivity index (χ3v) is 5.56.